The summed E-state index contributed by atoms with van der Waals surface area (Å²) in [5.41, 5.74) is 0.751. The molecule has 2 rings (SSSR count). The summed E-state index contributed by atoms with van der Waals surface area (Å²) in [6, 6.07) is 3.98. The zero-order valence-corrected chi connectivity index (χ0v) is 15.8. The van der Waals surface area contributed by atoms with Crippen LogP contribution in [0.3, 0.4) is 0 Å². The van der Waals surface area contributed by atoms with E-state index in [1.807, 2.05) is 0 Å². The van der Waals surface area contributed by atoms with E-state index in [-0.39, 0.29) is 30.6 Å². The first-order chi connectivity index (χ1) is 12.5. The molecule has 7 heteroatoms. The molecule has 0 saturated heterocycles. The van der Waals surface area contributed by atoms with E-state index in [0.29, 0.717) is 22.8 Å². The molecule has 0 saturated carbocycles. The van der Waals surface area contributed by atoms with Crippen LogP contribution >= 0.6 is 11.6 Å². The van der Waals surface area contributed by atoms with Crippen molar-refractivity contribution >= 4 is 35.0 Å². The average molecular weight is 380 g/mol. The van der Waals surface area contributed by atoms with Gasteiger partial charge >= 0.3 is 0 Å². The molecule has 1 aromatic rings. The highest BCUT2D eigenvalue weighted by Crippen LogP contribution is 2.23. The minimum atomic E-state index is -0.746. The van der Waals surface area contributed by atoms with Gasteiger partial charge in [-0.2, -0.15) is 0 Å². The van der Waals surface area contributed by atoms with E-state index in [9.17, 15) is 14.4 Å². The summed E-state index contributed by atoms with van der Waals surface area (Å²) in [4.78, 5) is 36.5. The fourth-order valence-electron chi connectivity index (χ4n) is 2.86. The molecular weight excluding hydrogens is 354 g/mol. The largest absolute Gasteiger partial charge is 0.356 e. The van der Waals surface area contributed by atoms with Gasteiger partial charge in [-0.25, -0.2) is 0 Å². The summed E-state index contributed by atoms with van der Waals surface area (Å²) in [5, 5.41) is 8.67. The van der Waals surface area contributed by atoms with Crippen LogP contribution in [0.2, 0.25) is 5.02 Å². The van der Waals surface area contributed by atoms with Crippen LogP contribution < -0.4 is 16.0 Å². The number of hydrogen-bond acceptors (Lipinski definition) is 3. The normalized spacial score (nSPS) is 16.3. The first-order valence-corrected chi connectivity index (χ1v) is 9.57. The molecule has 0 spiro atoms. The molecule has 0 fully saturated rings. The summed E-state index contributed by atoms with van der Waals surface area (Å²) >= 11 is 5.91. The van der Waals surface area contributed by atoms with E-state index < -0.39 is 6.04 Å². The Labute approximate surface area is 159 Å². The van der Waals surface area contributed by atoms with Crippen molar-refractivity contribution in [3.8, 4) is 0 Å². The van der Waals surface area contributed by atoms with Crippen molar-refractivity contribution in [3.05, 3.63) is 28.8 Å². The standard InChI is InChI=1S/C19H26ClN3O3/c1-2-3-4-5-6-11-21-17(24)10-9-16-19(26)22-15-8-7-13(20)12-14(15)18(25)23-16/h7-8,12,16H,2-6,9-11H2,1H3,(H,21,24)(H,22,26)(H,23,25)/t16-/m1/s1. The van der Waals surface area contributed by atoms with Crippen LogP contribution in [0.15, 0.2) is 18.2 Å². The van der Waals surface area contributed by atoms with Gasteiger partial charge < -0.3 is 16.0 Å². The molecule has 1 aliphatic rings. The predicted molar refractivity (Wildman–Crippen MR) is 102 cm³/mol. The number of carbonyl (C=O) groups excluding carboxylic acids is 3. The molecule has 3 amide bonds. The highest BCUT2D eigenvalue weighted by molar-refractivity contribution is 6.31. The van der Waals surface area contributed by atoms with Gasteiger partial charge in [-0.15, -0.1) is 0 Å². The Morgan fingerprint density at radius 1 is 1.19 bits per heavy atom. The van der Waals surface area contributed by atoms with Gasteiger partial charge in [0.05, 0.1) is 11.3 Å². The van der Waals surface area contributed by atoms with Crippen LogP contribution in [0, 0.1) is 0 Å². The molecule has 1 heterocycles. The zero-order chi connectivity index (χ0) is 18.9. The number of anilines is 1. The second-order valence-electron chi connectivity index (χ2n) is 6.51. The average Bonchev–Trinajstić information content (AvgIpc) is 2.73. The lowest BCUT2D eigenvalue weighted by molar-refractivity contribution is -0.121. The van der Waals surface area contributed by atoms with Crippen LogP contribution in [-0.2, 0) is 9.59 Å². The van der Waals surface area contributed by atoms with E-state index in [0.717, 1.165) is 12.8 Å². The van der Waals surface area contributed by atoms with Crippen molar-refractivity contribution in [1.29, 1.82) is 0 Å². The molecule has 0 unspecified atom stereocenters. The number of carbonyl (C=O) groups is 3. The summed E-state index contributed by atoms with van der Waals surface area (Å²) in [6.07, 6.45) is 6.10. The molecule has 0 aromatic heterocycles. The number of amides is 3. The molecule has 0 bridgehead atoms. The number of halogens is 1. The topological polar surface area (TPSA) is 87.3 Å². The van der Waals surface area contributed by atoms with Crippen LogP contribution in [0.5, 0.6) is 0 Å². The molecule has 142 valence electrons. The fourth-order valence-corrected chi connectivity index (χ4v) is 3.03. The monoisotopic (exact) mass is 379 g/mol. The number of rotatable bonds is 9. The quantitative estimate of drug-likeness (QED) is 0.575. The van der Waals surface area contributed by atoms with Gasteiger partial charge in [-0.3, -0.25) is 14.4 Å². The van der Waals surface area contributed by atoms with E-state index in [1.54, 1.807) is 12.1 Å². The lowest BCUT2D eigenvalue weighted by Crippen LogP contribution is -2.42. The zero-order valence-electron chi connectivity index (χ0n) is 15.1. The van der Waals surface area contributed by atoms with Crippen molar-refractivity contribution in [2.24, 2.45) is 0 Å². The third-order valence-electron chi connectivity index (χ3n) is 4.37. The van der Waals surface area contributed by atoms with Gasteiger partial charge in [0.2, 0.25) is 11.8 Å². The second-order valence-corrected chi connectivity index (χ2v) is 6.94. The smallest absolute Gasteiger partial charge is 0.254 e. The minimum Gasteiger partial charge on any atom is -0.356 e. The Morgan fingerprint density at radius 2 is 1.96 bits per heavy atom. The molecule has 1 aromatic carbocycles. The maximum Gasteiger partial charge on any atom is 0.254 e. The molecule has 6 nitrogen and oxygen atoms in total. The second kappa shape index (κ2) is 10.2. The van der Waals surface area contributed by atoms with E-state index in [4.69, 9.17) is 11.6 Å². The Kier molecular flexibility index (Phi) is 7.91. The van der Waals surface area contributed by atoms with Gasteiger partial charge in [-0.05, 0) is 31.0 Å². The van der Waals surface area contributed by atoms with Crippen LogP contribution in [0.1, 0.15) is 62.2 Å². The number of hydrogen-bond donors (Lipinski definition) is 3. The summed E-state index contributed by atoms with van der Waals surface area (Å²) in [5.74, 6) is -0.804. The van der Waals surface area contributed by atoms with E-state index >= 15 is 0 Å². The summed E-state index contributed by atoms with van der Waals surface area (Å²) in [6.45, 7) is 2.81. The fraction of sp³-hybridized carbons (Fsp3) is 0.526. The van der Waals surface area contributed by atoms with Gasteiger partial charge in [0.15, 0.2) is 0 Å². The van der Waals surface area contributed by atoms with Gasteiger partial charge in [0.1, 0.15) is 6.04 Å². The number of fused-ring (bicyclic) bond motifs is 1. The van der Waals surface area contributed by atoms with Crippen LogP contribution in [0.4, 0.5) is 5.69 Å². The Balaban J connectivity index is 1.79. The van der Waals surface area contributed by atoms with E-state index in [2.05, 4.69) is 22.9 Å². The summed E-state index contributed by atoms with van der Waals surface area (Å²) < 4.78 is 0. The third kappa shape index (κ3) is 6.02. The highest BCUT2D eigenvalue weighted by Gasteiger charge is 2.28. The third-order valence-corrected chi connectivity index (χ3v) is 4.60. The predicted octanol–water partition coefficient (Wildman–Crippen LogP) is 3.26. The number of unbranched alkanes of at least 4 members (excludes halogenated alkanes) is 4. The van der Waals surface area contributed by atoms with E-state index in [1.165, 1.54) is 25.3 Å². The van der Waals surface area contributed by atoms with Crippen molar-refractivity contribution in [2.45, 2.75) is 57.9 Å². The molecule has 0 aliphatic carbocycles. The number of nitrogens with one attached hydrogen (secondary N) is 3. The van der Waals surface area contributed by atoms with Crippen molar-refractivity contribution in [1.82, 2.24) is 10.6 Å². The first-order valence-electron chi connectivity index (χ1n) is 9.19. The molecule has 1 aliphatic heterocycles. The highest BCUT2D eigenvalue weighted by atomic mass is 35.5. The van der Waals surface area contributed by atoms with Crippen molar-refractivity contribution in [2.75, 3.05) is 11.9 Å². The molecule has 26 heavy (non-hydrogen) atoms. The molecule has 1 atom stereocenters. The van der Waals surface area contributed by atoms with Crippen molar-refractivity contribution < 1.29 is 14.4 Å². The maximum atomic E-state index is 12.3. The maximum absolute atomic E-state index is 12.3. The van der Waals surface area contributed by atoms with Gasteiger partial charge in [0, 0.05) is 18.0 Å². The molecular formula is C19H26ClN3O3. The summed E-state index contributed by atoms with van der Waals surface area (Å²) in [7, 11) is 0. The first kappa shape index (κ1) is 20.2. The van der Waals surface area contributed by atoms with Crippen LogP contribution in [0.25, 0.3) is 0 Å². The SMILES string of the molecule is CCCCCCCNC(=O)CC[C@H]1NC(=O)c2cc(Cl)ccc2NC1=O. The van der Waals surface area contributed by atoms with Crippen LogP contribution in [-0.4, -0.2) is 30.3 Å². The van der Waals surface area contributed by atoms with Gasteiger partial charge in [-0.1, -0.05) is 44.2 Å². The lowest BCUT2D eigenvalue weighted by atomic mass is 10.1. The molecule has 0 radical (unpaired) electrons. The Hall–Kier alpha value is -2.08. The lowest BCUT2D eigenvalue weighted by Gasteiger charge is -2.14. The number of benzene rings is 1. The van der Waals surface area contributed by atoms with Crippen molar-refractivity contribution in [3.63, 3.8) is 0 Å². The minimum absolute atomic E-state index is 0.104. The Morgan fingerprint density at radius 3 is 2.73 bits per heavy atom. The molecule has 3 N–H and O–H groups in total. The van der Waals surface area contributed by atoms with Gasteiger partial charge in [0.25, 0.3) is 5.91 Å². The Bertz CT molecular complexity index is 663.